The maximum Gasteiger partial charge on any atom is 0.357 e. The fraction of sp³-hybridized carbons (Fsp3) is 0.143. The molecule has 0 unspecified atom stereocenters. The molecule has 1 aromatic heterocycles. The Bertz CT molecular complexity index is 1310. The zero-order chi connectivity index (χ0) is 24.8. The average molecular weight is 473 g/mol. The Morgan fingerprint density at radius 2 is 1.63 bits per heavy atom. The molecule has 0 atom stereocenters. The molecule has 4 rings (SSSR count). The van der Waals surface area contributed by atoms with Crippen LogP contribution in [0.4, 0.5) is 10.1 Å². The number of carbonyl (C=O) groups excluding carboxylic acids is 2. The average Bonchev–Trinajstić information content (AvgIpc) is 3.22. The fourth-order valence-electron chi connectivity index (χ4n) is 3.78. The monoisotopic (exact) mass is 472 g/mol. The predicted molar refractivity (Wildman–Crippen MR) is 132 cm³/mol. The Morgan fingerprint density at radius 3 is 2.26 bits per heavy atom. The molecule has 0 aliphatic carbocycles. The lowest BCUT2D eigenvalue weighted by molar-refractivity contribution is 0.0515. The highest BCUT2D eigenvalue weighted by Crippen LogP contribution is 2.35. The normalized spacial score (nSPS) is 10.6. The topological polar surface area (TPSA) is 69.6 Å². The van der Waals surface area contributed by atoms with E-state index in [0.717, 1.165) is 11.1 Å². The standard InChI is InChI=1S/C28H25FN2O4/c1-3-35-28(33)26-25(30-27(32)21-9-13-22(29)14-10-21)24(20-11-15-23(34-2)16-12-20)18-31(26)17-19-7-5-4-6-8-19/h4-16,18H,3,17H2,1-2H3,(H,30,32). The molecule has 0 aliphatic heterocycles. The van der Waals surface area contributed by atoms with Crippen molar-refractivity contribution in [2.75, 3.05) is 19.0 Å². The molecule has 1 amide bonds. The van der Waals surface area contributed by atoms with Crippen molar-refractivity contribution in [2.24, 2.45) is 0 Å². The minimum atomic E-state index is -0.558. The SMILES string of the molecule is CCOC(=O)c1c(NC(=O)c2ccc(F)cc2)c(-c2ccc(OC)cc2)cn1Cc1ccccc1. The van der Waals surface area contributed by atoms with E-state index in [1.54, 1.807) is 30.7 Å². The van der Waals surface area contributed by atoms with Gasteiger partial charge in [-0.2, -0.15) is 0 Å². The van der Waals surface area contributed by atoms with Gasteiger partial charge < -0.3 is 19.4 Å². The Morgan fingerprint density at radius 1 is 0.943 bits per heavy atom. The first-order valence-electron chi connectivity index (χ1n) is 11.2. The van der Waals surface area contributed by atoms with Crippen LogP contribution in [0.3, 0.4) is 0 Å². The van der Waals surface area contributed by atoms with Crippen LogP contribution in [0.1, 0.15) is 33.3 Å². The predicted octanol–water partition coefficient (Wildman–Crippen LogP) is 5.78. The van der Waals surface area contributed by atoms with Gasteiger partial charge in [0, 0.05) is 23.9 Å². The van der Waals surface area contributed by atoms with E-state index in [1.807, 2.05) is 48.7 Å². The highest BCUT2D eigenvalue weighted by Gasteiger charge is 2.26. The van der Waals surface area contributed by atoms with Crippen LogP contribution in [0, 0.1) is 5.82 Å². The van der Waals surface area contributed by atoms with Crippen LogP contribution in [0.2, 0.25) is 0 Å². The number of ether oxygens (including phenoxy) is 2. The summed E-state index contributed by atoms with van der Waals surface area (Å²) in [4.78, 5) is 26.2. The van der Waals surface area contributed by atoms with Crippen LogP contribution in [-0.2, 0) is 11.3 Å². The molecule has 0 aliphatic rings. The van der Waals surface area contributed by atoms with Crippen LogP contribution < -0.4 is 10.1 Å². The van der Waals surface area contributed by atoms with E-state index < -0.39 is 17.7 Å². The first-order valence-corrected chi connectivity index (χ1v) is 11.2. The third-order valence-corrected chi connectivity index (χ3v) is 5.49. The van der Waals surface area contributed by atoms with Gasteiger partial charge in [-0.3, -0.25) is 4.79 Å². The van der Waals surface area contributed by atoms with E-state index in [-0.39, 0.29) is 17.9 Å². The van der Waals surface area contributed by atoms with E-state index in [4.69, 9.17) is 9.47 Å². The molecule has 0 saturated carbocycles. The van der Waals surface area contributed by atoms with Gasteiger partial charge in [0.1, 0.15) is 11.6 Å². The summed E-state index contributed by atoms with van der Waals surface area (Å²) in [5, 5.41) is 2.87. The van der Waals surface area contributed by atoms with E-state index in [0.29, 0.717) is 23.5 Å². The number of benzene rings is 3. The summed E-state index contributed by atoms with van der Waals surface area (Å²) < 4.78 is 25.8. The first kappa shape index (κ1) is 23.8. The van der Waals surface area contributed by atoms with Crippen molar-refractivity contribution < 1.29 is 23.5 Å². The molecule has 178 valence electrons. The Hall–Kier alpha value is -4.39. The summed E-state index contributed by atoms with van der Waals surface area (Å²) in [7, 11) is 1.58. The third kappa shape index (κ3) is 5.41. The molecule has 4 aromatic rings. The number of rotatable bonds is 8. The highest BCUT2D eigenvalue weighted by molar-refractivity contribution is 6.10. The molecule has 0 radical (unpaired) electrons. The molecule has 3 aromatic carbocycles. The number of hydrogen-bond donors (Lipinski definition) is 1. The minimum absolute atomic E-state index is 0.179. The second-order valence-corrected chi connectivity index (χ2v) is 7.79. The number of aromatic nitrogens is 1. The molecule has 0 fully saturated rings. The van der Waals surface area contributed by atoms with E-state index >= 15 is 0 Å². The van der Waals surface area contributed by atoms with Gasteiger partial charge in [-0.15, -0.1) is 0 Å². The van der Waals surface area contributed by atoms with Gasteiger partial charge >= 0.3 is 5.97 Å². The number of nitrogens with one attached hydrogen (secondary N) is 1. The first-order chi connectivity index (χ1) is 17.0. The molecule has 7 heteroatoms. The number of hydrogen-bond acceptors (Lipinski definition) is 4. The summed E-state index contributed by atoms with van der Waals surface area (Å²) in [6.07, 6.45) is 1.82. The number of anilines is 1. The van der Waals surface area contributed by atoms with Gasteiger partial charge in [0.25, 0.3) is 5.91 Å². The van der Waals surface area contributed by atoms with Crippen molar-refractivity contribution in [3.63, 3.8) is 0 Å². The molecule has 35 heavy (non-hydrogen) atoms. The number of methoxy groups -OCH3 is 1. The van der Waals surface area contributed by atoms with Crippen molar-refractivity contribution in [3.8, 4) is 16.9 Å². The van der Waals surface area contributed by atoms with Crippen molar-refractivity contribution in [1.82, 2.24) is 4.57 Å². The summed E-state index contributed by atoms with van der Waals surface area (Å²) >= 11 is 0. The third-order valence-electron chi connectivity index (χ3n) is 5.49. The molecular formula is C28H25FN2O4. The van der Waals surface area contributed by atoms with Crippen LogP contribution in [0.15, 0.2) is 85.1 Å². The Balaban J connectivity index is 1.85. The van der Waals surface area contributed by atoms with Gasteiger partial charge in [-0.25, -0.2) is 9.18 Å². The van der Waals surface area contributed by atoms with Gasteiger partial charge in [0.15, 0.2) is 5.69 Å². The Kier molecular flexibility index (Phi) is 7.26. The van der Waals surface area contributed by atoms with Crippen LogP contribution in [0.5, 0.6) is 5.75 Å². The van der Waals surface area contributed by atoms with Gasteiger partial charge in [-0.05, 0) is 54.4 Å². The molecule has 0 bridgehead atoms. The zero-order valence-electron chi connectivity index (χ0n) is 19.5. The number of esters is 1. The van der Waals surface area contributed by atoms with Gasteiger partial charge in [0.2, 0.25) is 0 Å². The second-order valence-electron chi connectivity index (χ2n) is 7.79. The van der Waals surface area contributed by atoms with Crippen LogP contribution >= 0.6 is 0 Å². The van der Waals surface area contributed by atoms with Crippen molar-refractivity contribution >= 4 is 17.6 Å². The molecule has 0 spiro atoms. The number of halogens is 1. The highest BCUT2D eigenvalue weighted by atomic mass is 19.1. The summed E-state index contributed by atoms with van der Waals surface area (Å²) in [6, 6.07) is 22.2. The van der Waals surface area contributed by atoms with E-state index in [1.165, 1.54) is 24.3 Å². The number of amides is 1. The van der Waals surface area contributed by atoms with Gasteiger partial charge in [0.05, 0.1) is 19.4 Å². The molecule has 1 heterocycles. The Labute approximate surface area is 202 Å². The molecule has 1 N–H and O–H groups in total. The lowest BCUT2D eigenvalue weighted by Crippen LogP contribution is -2.18. The summed E-state index contributed by atoms with van der Waals surface area (Å²) in [6.45, 7) is 2.30. The minimum Gasteiger partial charge on any atom is -0.497 e. The smallest absolute Gasteiger partial charge is 0.357 e. The lowest BCUT2D eigenvalue weighted by atomic mass is 10.1. The largest absolute Gasteiger partial charge is 0.497 e. The maximum absolute atomic E-state index is 13.4. The number of nitrogens with zero attached hydrogens (tertiary/aromatic N) is 1. The van der Waals surface area contributed by atoms with Crippen LogP contribution in [-0.4, -0.2) is 30.2 Å². The maximum atomic E-state index is 13.4. The second kappa shape index (κ2) is 10.7. The molecular weight excluding hydrogens is 447 g/mol. The quantitative estimate of drug-likeness (QED) is 0.330. The van der Waals surface area contributed by atoms with Crippen LogP contribution in [0.25, 0.3) is 11.1 Å². The molecule has 0 saturated heterocycles. The lowest BCUT2D eigenvalue weighted by Gasteiger charge is -2.12. The zero-order valence-corrected chi connectivity index (χ0v) is 19.5. The van der Waals surface area contributed by atoms with Crippen molar-refractivity contribution in [2.45, 2.75) is 13.5 Å². The molecule has 6 nitrogen and oxygen atoms in total. The summed E-state index contributed by atoms with van der Waals surface area (Å²) in [5.41, 5.74) is 3.19. The van der Waals surface area contributed by atoms with Crippen molar-refractivity contribution in [3.05, 3.63) is 108 Å². The number of carbonyl (C=O) groups is 2. The summed E-state index contributed by atoms with van der Waals surface area (Å²) in [5.74, 6) is -0.790. The van der Waals surface area contributed by atoms with Gasteiger partial charge in [-0.1, -0.05) is 42.5 Å². The fourth-order valence-corrected chi connectivity index (χ4v) is 3.78. The van der Waals surface area contributed by atoms with E-state index in [2.05, 4.69) is 5.32 Å². The van der Waals surface area contributed by atoms with Crippen molar-refractivity contribution in [1.29, 1.82) is 0 Å². The van der Waals surface area contributed by atoms with E-state index in [9.17, 15) is 14.0 Å².